The van der Waals surface area contributed by atoms with Crippen LogP contribution in [0.1, 0.15) is 19.4 Å². The van der Waals surface area contributed by atoms with Gasteiger partial charge in [-0.3, -0.25) is 4.79 Å². The molecule has 2 bridgehead atoms. The Morgan fingerprint density at radius 2 is 2.00 bits per heavy atom. The molecule has 0 unspecified atom stereocenters. The van der Waals surface area contributed by atoms with Crippen LogP contribution in [-0.4, -0.2) is 47.5 Å². The van der Waals surface area contributed by atoms with E-state index in [1.54, 1.807) is 0 Å². The lowest BCUT2D eigenvalue weighted by Gasteiger charge is -2.37. The first-order valence-corrected chi connectivity index (χ1v) is 8.95. The first-order chi connectivity index (χ1) is 11.6. The van der Waals surface area contributed by atoms with Crippen LogP contribution in [-0.2, 0) is 35.1 Å². The van der Waals surface area contributed by atoms with Crippen molar-refractivity contribution in [3.05, 3.63) is 35.9 Å². The summed E-state index contributed by atoms with van der Waals surface area (Å²) < 4.78 is 22.5. The molecule has 2 heterocycles. The Balaban J connectivity index is 1.75. The Labute approximate surface area is 144 Å². The van der Waals surface area contributed by atoms with E-state index in [2.05, 4.69) is 0 Å². The number of fused-ring (bicyclic) bond motifs is 2. The fourth-order valence-corrected chi connectivity index (χ4v) is 3.83. The molecule has 1 aromatic carbocycles. The SMILES string of the molecule is CCS[C@H]1O[C@@H]2C(=O)O[C@H]([C@@H]1OC(C)=O)[C@@H]2OCc1ccccc1. The van der Waals surface area contributed by atoms with E-state index in [0.29, 0.717) is 6.61 Å². The van der Waals surface area contributed by atoms with Crippen molar-refractivity contribution in [2.75, 3.05) is 5.75 Å². The summed E-state index contributed by atoms with van der Waals surface area (Å²) in [4.78, 5) is 23.5. The second kappa shape index (κ2) is 7.55. The summed E-state index contributed by atoms with van der Waals surface area (Å²) in [6.45, 7) is 3.63. The number of hydrogen-bond acceptors (Lipinski definition) is 7. The first-order valence-electron chi connectivity index (χ1n) is 7.90. The van der Waals surface area contributed by atoms with E-state index in [4.69, 9.17) is 18.9 Å². The van der Waals surface area contributed by atoms with Gasteiger partial charge in [-0.1, -0.05) is 37.3 Å². The fourth-order valence-electron chi connectivity index (χ4n) is 2.90. The summed E-state index contributed by atoms with van der Waals surface area (Å²) in [6, 6.07) is 9.64. The first kappa shape index (κ1) is 17.3. The number of hydrogen-bond donors (Lipinski definition) is 0. The van der Waals surface area contributed by atoms with E-state index in [1.165, 1.54) is 18.7 Å². The van der Waals surface area contributed by atoms with Crippen molar-refractivity contribution in [2.24, 2.45) is 0 Å². The highest BCUT2D eigenvalue weighted by Gasteiger charge is 2.58. The maximum Gasteiger partial charge on any atom is 0.338 e. The molecule has 1 aromatic rings. The molecular weight excluding hydrogens is 332 g/mol. The molecule has 5 atom stereocenters. The van der Waals surface area contributed by atoms with Gasteiger partial charge < -0.3 is 18.9 Å². The van der Waals surface area contributed by atoms with Crippen LogP contribution in [0.3, 0.4) is 0 Å². The summed E-state index contributed by atoms with van der Waals surface area (Å²) in [6.07, 6.45) is -2.69. The molecule has 0 saturated carbocycles. The van der Waals surface area contributed by atoms with Crippen LogP contribution in [0.15, 0.2) is 30.3 Å². The zero-order valence-electron chi connectivity index (χ0n) is 13.5. The molecule has 0 radical (unpaired) electrons. The fraction of sp³-hybridized carbons (Fsp3) is 0.529. The second-order valence-electron chi connectivity index (χ2n) is 5.62. The third kappa shape index (κ3) is 3.58. The topological polar surface area (TPSA) is 71.1 Å². The molecule has 0 spiro atoms. The summed E-state index contributed by atoms with van der Waals surface area (Å²) >= 11 is 1.48. The molecule has 3 rings (SSSR count). The quantitative estimate of drug-likeness (QED) is 0.724. The maximum atomic E-state index is 12.1. The number of esters is 2. The van der Waals surface area contributed by atoms with Crippen LogP contribution in [0.5, 0.6) is 0 Å². The molecule has 130 valence electrons. The lowest BCUT2D eigenvalue weighted by molar-refractivity contribution is -0.188. The average molecular weight is 352 g/mol. The zero-order chi connectivity index (χ0) is 17.1. The molecule has 0 amide bonds. The van der Waals surface area contributed by atoms with Crippen molar-refractivity contribution in [3.8, 4) is 0 Å². The van der Waals surface area contributed by atoms with E-state index in [1.807, 2.05) is 37.3 Å². The van der Waals surface area contributed by atoms with E-state index in [0.717, 1.165) is 11.3 Å². The van der Waals surface area contributed by atoms with Gasteiger partial charge in [-0.15, -0.1) is 11.8 Å². The molecular formula is C17H20O6S. The van der Waals surface area contributed by atoms with E-state index < -0.39 is 41.8 Å². The summed E-state index contributed by atoms with van der Waals surface area (Å²) in [5.41, 5.74) is 0.551. The van der Waals surface area contributed by atoms with Crippen LogP contribution in [0.4, 0.5) is 0 Å². The summed E-state index contributed by atoms with van der Waals surface area (Å²) in [5.74, 6) is -0.131. The van der Waals surface area contributed by atoms with Gasteiger partial charge in [-0.2, -0.15) is 0 Å². The summed E-state index contributed by atoms with van der Waals surface area (Å²) in [5, 5.41) is 0. The molecule has 2 fully saturated rings. The van der Waals surface area contributed by atoms with Crippen molar-refractivity contribution in [3.63, 3.8) is 0 Å². The van der Waals surface area contributed by atoms with Gasteiger partial charge in [0.2, 0.25) is 0 Å². The third-order valence-corrected chi connectivity index (χ3v) is 4.94. The van der Waals surface area contributed by atoms with Crippen molar-refractivity contribution in [1.29, 1.82) is 0 Å². The number of rotatable bonds is 6. The number of benzene rings is 1. The minimum Gasteiger partial charge on any atom is -0.455 e. The molecule has 7 heteroatoms. The van der Waals surface area contributed by atoms with Crippen molar-refractivity contribution in [1.82, 2.24) is 0 Å². The third-order valence-electron chi connectivity index (χ3n) is 3.90. The predicted octanol–water partition coefficient (Wildman–Crippen LogP) is 1.91. The van der Waals surface area contributed by atoms with Gasteiger partial charge in [-0.25, -0.2) is 4.79 Å². The highest BCUT2D eigenvalue weighted by molar-refractivity contribution is 7.99. The molecule has 2 aliphatic rings. The van der Waals surface area contributed by atoms with Crippen molar-refractivity contribution >= 4 is 23.7 Å². The molecule has 0 aliphatic carbocycles. The number of carbonyl (C=O) groups is 2. The van der Waals surface area contributed by atoms with E-state index in [-0.39, 0.29) is 0 Å². The monoisotopic (exact) mass is 352 g/mol. The van der Waals surface area contributed by atoms with Crippen LogP contribution in [0.2, 0.25) is 0 Å². The molecule has 2 saturated heterocycles. The molecule has 0 aromatic heterocycles. The Hall–Kier alpha value is -1.57. The Bertz CT molecular complexity index is 592. The van der Waals surface area contributed by atoms with Gasteiger partial charge in [-0.05, 0) is 11.3 Å². The van der Waals surface area contributed by atoms with Gasteiger partial charge in [0.05, 0.1) is 6.61 Å². The van der Waals surface area contributed by atoms with Gasteiger partial charge in [0.15, 0.2) is 18.3 Å². The van der Waals surface area contributed by atoms with Gasteiger partial charge in [0.1, 0.15) is 11.5 Å². The maximum absolute atomic E-state index is 12.1. The van der Waals surface area contributed by atoms with Crippen LogP contribution in [0, 0.1) is 0 Å². The van der Waals surface area contributed by atoms with E-state index in [9.17, 15) is 9.59 Å². The van der Waals surface area contributed by atoms with Gasteiger partial charge in [0, 0.05) is 6.92 Å². The highest BCUT2D eigenvalue weighted by Crippen LogP contribution is 2.38. The van der Waals surface area contributed by atoms with Crippen LogP contribution in [0.25, 0.3) is 0 Å². The van der Waals surface area contributed by atoms with Gasteiger partial charge in [0.25, 0.3) is 0 Å². The zero-order valence-corrected chi connectivity index (χ0v) is 14.4. The van der Waals surface area contributed by atoms with E-state index >= 15 is 0 Å². The van der Waals surface area contributed by atoms with Crippen LogP contribution >= 0.6 is 11.8 Å². The average Bonchev–Trinajstić information content (AvgIpc) is 2.80. The van der Waals surface area contributed by atoms with Crippen molar-refractivity contribution in [2.45, 2.75) is 50.3 Å². The minimum absolute atomic E-state index is 0.330. The lowest BCUT2D eigenvalue weighted by atomic mass is 10.0. The Morgan fingerprint density at radius 1 is 1.25 bits per heavy atom. The smallest absolute Gasteiger partial charge is 0.338 e. The Morgan fingerprint density at radius 3 is 2.67 bits per heavy atom. The molecule has 2 aliphatic heterocycles. The molecule has 0 N–H and O–H groups in total. The number of thioether (sulfide) groups is 1. The van der Waals surface area contributed by atoms with Crippen LogP contribution < -0.4 is 0 Å². The minimum atomic E-state index is -0.783. The van der Waals surface area contributed by atoms with Crippen molar-refractivity contribution < 1.29 is 28.5 Å². The predicted molar refractivity (Wildman–Crippen MR) is 87.2 cm³/mol. The molecule has 6 nitrogen and oxygen atoms in total. The number of ether oxygens (including phenoxy) is 4. The Kier molecular flexibility index (Phi) is 5.43. The summed E-state index contributed by atoms with van der Waals surface area (Å²) in [7, 11) is 0. The number of carbonyl (C=O) groups excluding carboxylic acids is 2. The second-order valence-corrected chi connectivity index (χ2v) is 6.99. The normalized spacial score (nSPS) is 31.6. The molecule has 24 heavy (non-hydrogen) atoms. The standard InChI is InChI=1S/C17H20O6S/c1-3-24-17-15(21-10(2)18)13-12(14(23-17)16(19)22-13)20-9-11-7-5-4-6-8-11/h4-8,12-15,17H,3,9H2,1-2H3/t12-,13-,14-,15-,17+/m0/s1. The highest BCUT2D eigenvalue weighted by atomic mass is 32.2. The lowest BCUT2D eigenvalue weighted by Crippen LogP contribution is -2.54. The van der Waals surface area contributed by atoms with Gasteiger partial charge >= 0.3 is 11.9 Å². The largest absolute Gasteiger partial charge is 0.455 e.